The van der Waals surface area contributed by atoms with Crippen LogP contribution in [0.5, 0.6) is 0 Å². The van der Waals surface area contributed by atoms with Gasteiger partial charge in [0, 0.05) is 24.7 Å². The Balaban J connectivity index is 2.32. The van der Waals surface area contributed by atoms with Crippen molar-refractivity contribution in [2.45, 2.75) is 45.6 Å². The first-order valence-electron chi connectivity index (χ1n) is 6.81. The predicted octanol–water partition coefficient (Wildman–Crippen LogP) is 1.49. The van der Waals surface area contributed by atoms with Crippen molar-refractivity contribution in [1.82, 2.24) is 15.3 Å². The molecule has 2 heterocycles. The number of nitrogens with zero attached hydrogens (tertiary/aromatic N) is 3. The zero-order chi connectivity index (χ0) is 14.0. The Hall–Kier alpha value is -1.65. The van der Waals surface area contributed by atoms with Crippen LogP contribution in [0.15, 0.2) is 12.3 Å². The van der Waals surface area contributed by atoms with Crippen LogP contribution in [0.2, 0.25) is 0 Å². The summed E-state index contributed by atoms with van der Waals surface area (Å²) in [6.45, 7) is 9.76. The smallest absolute Gasteiger partial charge is 0.242 e. The molecule has 19 heavy (non-hydrogen) atoms. The van der Waals surface area contributed by atoms with E-state index in [1.165, 1.54) is 0 Å². The van der Waals surface area contributed by atoms with Crippen LogP contribution in [0.4, 0.5) is 5.82 Å². The van der Waals surface area contributed by atoms with E-state index in [0.29, 0.717) is 6.54 Å². The molecular weight excluding hydrogens is 240 g/mol. The fourth-order valence-corrected chi connectivity index (χ4v) is 2.27. The summed E-state index contributed by atoms with van der Waals surface area (Å²) in [4.78, 5) is 22.9. The Bertz CT molecular complexity index is 467. The van der Waals surface area contributed by atoms with E-state index in [1.54, 1.807) is 6.20 Å². The van der Waals surface area contributed by atoms with Crippen LogP contribution in [0.1, 0.15) is 39.9 Å². The van der Waals surface area contributed by atoms with Gasteiger partial charge in [-0.05, 0) is 12.5 Å². The van der Waals surface area contributed by atoms with Crippen molar-refractivity contribution < 1.29 is 4.79 Å². The van der Waals surface area contributed by atoms with Crippen molar-refractivity contribution in [1.29, 1.82) is 0 Å². The molecule has 104 valence electrons. The molecule has 1 amide bonds. The Labute approximate surface area is 114 Å². The second kappa shape index (κ2) is 5.15. The van der Waals surface area contributed by atoms with Gasteiger partial charge in [-0.3, -0.25) is 4.79 Å². The number of piperazine rings is 1. The fraction of sp³-hybridized carbons (Fsp3) is 0.643. The maximum Gasteiger partial charge on any atom is 0.242 e. The van der Waals surface area contributed by atoms with Gasteiger partial charge in [0.25, 0.3) is 0 Å². The molecule has 1 atom stereocenters. The molecule has 0 spiro atoms. The average Bonchev–Trinajstić information content (AvgIpc) is 2.37. The summed E-state index contributed by atoms with van der Waals surface area (Å²) < 4.78 is 0. The van der Waals surface area contributed by atoms with Crippen LogP contribution in [0.25, 0.3) is 0 Å². The van der Waals surface area contributed by atoms with E-state index in [0.717, 1.165) is 24.6 Å². The Kier molecular flexibility index (Phi) is 3.73. The molecule has 1 N–H and O–H groups in total. The molecule has 1 aromatic rings. The first-order chi connectivity index (χ1) is 8.93. The number of hydrogen-bond donors (Lipinski definition) is 1. The summed E-state index contributed by atoms with van der Waals surface area (Å²) in [5, 5.41) is 2.90. The minimum atomic E-state index is -0.128. The average molecular weight is 262 g/mol. The van der Waals surface area contributed by atoms with Crippen LogP contribution in [0, 0.1) is 0 Å². The lowest BCUT2D eigenvalue weighted by atomic mass is 9.96. The first kappa shape index (κ1) is 13.8. The van der Waals surface area contributed by atoms with Gasteiger partial charge in [-0.1, -0.05) is 27.7 Å². The van der Waals surface area contributed by atoms with Crippen molar-refractivity contribution in [3.05, 3.63) is 18.1 Å². The van der Waals surface area contributed by atoms with Crippen LogP contribution >= 0.6 is 0 Å². The van der Waals surface area contributed by atoms with Gasteiger partial charge in [0.1, 0.15) is 17.7 Å². The molecule has 1 fully saturated rings. The van der Waals surface area contributed by atoms with Crippen molar-refractivity contribution in [2.75, 3.05) is 18.0 Å². The first-order valence-corrected chi connectivity index (χ1v) is 6.81. The second-order valence-corrected chi connectivity index (χ2v) is 5.90. The van der Waals surface area contributed by atoms with Crippen LogP contribution in [0.3, 0.4) is 0 Å². The highest BCUT2D eigenvalue weighted by Crippen LogP contribution is 2.23. The summed E-state index contributed by atoms with van der Waals surface area (Å²) in [5.74, 6) is 1.75. The maximum absolute atomic E-state index is 11.9. The highest BCUT2D eigenvalue weighted by atomic mass is 16.2. The monoisotopic (exact) mass is 262 g/mol. The quantitative estimate of drug-likeness (QED) is 0.877. The lowest BCUT2D eigenvalue weighted by Crippen LogP contribution is -2.55. The molecule has 0 unspecified atom stereocenters. The molecule has 0 saturated carbocycles. The molecule has 5 heteroatoms. The van der Waals surface area contributed by atoms with Gasteiger partial charge in [-0.25, -0.2) is 9.97 Å². The third-order valence-electron chi connectivity index (χ3n) is 3.32. The number of rotatable bonds is 2. The SMILES string of the molecule is CC[C@H]1C(=O)NCCN1c1ccnc(C(C)(C)C)n1. The van der Waals surface area contributed by atoms with E-state index in [4.69, 9.17) is 0 Å². The van der Waals surface area contributed by atoms with Crippen LogP contribution in [-0.2, 0) is 10.2 Å². The van der Waals surface area contributed by atoms with Gasteiger partial charge in [0.15, 0.2) is 0 Å². The van der Waals surface area contributed by atoms with Gasteiger partial charge in [-0.15, -0.1) is 0 Å². The number of amides is 1. The van der Waals surface area contributed by atoms with Crippen LogP contribution in [-0.4, -0.2) is 35.0 Å². The van der Waals surface area contributed by atoms with E-state index in [-0.39, 0.29) is 17.4 Å². The molecule has 1 aliphatic rings. The fourth-order valence-electron chi connectivity index (χ4n) is 2.27. The Morgan fingerprint density at radius 1 is 1.47 bits per heavy atom. The van der Waals surface area contributed by atoms with Crippen molar-refractivity contribution in [2.24, 2.45) is 0 Å². The number of anilines is 1. The molecular formula is C14H22N4O. The molecule has 0 radical (unpaired) electrons. The standard InChI is InChI=1S/C14H22N4O/c1-5-10-12(19)15-8-9-18(10)11-6-7-16-13(17-11)14(2,3)4/h6-7,10H,5,8-9H2,1-4H3,(H,15,19)/t10-/m0/s1. The zero-order valence-electron chi connectivity index (χ0n) is 12.1. The largest absolute Gasteiger partial charge is 0.353 e. The maximum atomic E-state index is 11.9. The second-order valence-electron chi connectivity index (χ2n) is 5.90. The summed E-state index contributed by atoms with van der Waals surface area (Å²) in [5.41, 5.74) is -0.0875. The molecule has 1 aromatic heterocycles. The number of carbonyl (C=O) groups is 1. The van der Waals surface area contributed by atoms with Gasteiger partial charge >= 0.3 is 0 Å². The summed E-state index contributed by atoms with van der Waals surface area (Å²) in [7, 11) is 0. The molecule has 1 saturated heterocycles. The number of nitrogens with one attached hydrogen (secondary N) is 1. The Morgan fingerprint density at radius 3 is 2.84 bits per heavy atom. The van der Waals surface area contributed by atoms with E-state index < -0.39 is 0 Å². The summed E-state index contributed by atoms with van der Waals surface area (Å²) in [6.07, 6.45) is 2.56. The summed E-state index contributed by atoms with van der Waals surface area (Å²) >= 11 is 0. The minimum absolute atomic E-state index is 0.0875. The van der Waals surface area contributed by atoms with Gasteiger partial charge in [-0.2, -0.15) is 0 Å². The van der Waals surface area contributed by atoms with Gasteiger partial charge < -0.3 is 10.2 Å². The minimum Gasteiger partial charge on any atom is -0.353 e. The molecule has 1 aliphatic heterocycles. The van der Waals surface area contributed by atoms with Crippen molar-refractivity contribution in [3.63, 3.8) is 0 Å². The summed E-state index contributed by atoms with van der Waals surface area (Å²) in [6, 6.07) is 1.76. The number of hydrogen-bond acceptors (Lipinski definition) is 4. The normalized spacial score (nSPS) is 20.3. The molecule has 0 aliphatic carbocycles. The highest BCUT2D eigenvalue weighted by molar-refractivity contribution is 5.86. The molecule has 0 bridgehead atoms. The van der Waals surface area contributed by atoms with E-state index in [2.05, 4.69) is 41.0 Å². The zero-order valence-corrected chi connectivity index (χ0v) is 12.1. The molecule has 2 rings (SSSR count). The predicted molar refractivity (Wildman–Crippen MR) is 75.2 cm³/mol. The van der Waals surface area contributed by atoms with Crippen molar-refractivity contribution >= 4 is 11.7 Å². The molecule has 5 nitrogen and oxygen atoms in total. The van der Waals surface area contributed by atoms with Crippen LogP contribution < -0.4 is 10.2 Å². The highest BCUT2D eigenvalue weighted by Gasteiger charge is 2.29. The van der Waals surface area contributed by atoms with E-state index in [1.807, 2.05) is 13.0 Å². The third kappa shape index (κ3) is 2.85. The van der Waals surface area contributed by atoms with E-state index >= 15 is 0 Å². The third-order valence-corrected chi connectivity index (χ3v) is 3.32. The van der Waals surface area contributed by atoms with Crippen molar-refractivity contribution in [3.8, 4) is 0 Å². The Morgan fingerprint density at radius 2 is 2.21 bits per heavy atom. The number of aromatic nitrogens is 2. The lowest BCUT2D eigenvalue weighted by molar-refractivity contribution is -0.123. The molecule has 0 aromatic carbocycles. The number of carbonyl (C=O) groups excluding carboxylic acids is 1. The lowest BCUT2D eigenvalue weighted by Gasteiger charge is -2.35. The van der Waals surface area contributed by atoms with E-state index in [9.17, 15) is 4.79 Å². The van der Waals surface area contributed by atoms with Gasteiger partial charge in [0.2, 0.25) is 5.91 Å². The van der Waals surface area contributed by atoms with Gasteiger partial charge in [0.05, 0.1) is 0 Å². The topological polar surface area (TPSA) is 58.1 Å².